The summed E-state index contributed by atoms with van der Waals surface area (Å²) >= 11 is 3.37. The number of nitrogens with two attached hydrogens (primary N) is 1. The third-order valence-corrected chi connectivity index (χ3v) is 3.28. The number of nitrogen functional groups attached to an aromatic ring is 1. The van der Waals surface area contributed by atoms with Crippen LogP contribution in [0, 0.1) is 0 Å². The topological polar surface area (TPSA) is 85.4 Å². The van der Waals surface area contributed by atoms with Crippen LogP contribution < -0.4 is 10.5 Å². The van der Waals surface area contributed by atoms with Crippen molar-refractivity contribution in [2.45, 2.75) is 0 Å². The second-order valence-corrected chi connectivity index (χ2v) is 4.63. The zero-order valence-corrected chi connectivity index (χ0v) is 11.6. The number of aromatic nitrogens is 1. The van der Waals surface area contributed by atoms with E-state index in [1.54, 1.807) is 31.4 Å². The second kappa shape index (κ2) is 5.27. The van der Waals surface area contributed by atoms with Gasteiger partial charge in [-0.2, -0.15) is 0 Å². The van der Waals surface area contributed by atoms with Crippen molar-refractivity contribution in [1.29, 1.82) is 0 Å². The molecule has 0 spiro atoms. The Morgan fingerprint density at radius 3 is 2.74 bits per heavy atom. The van der Waals surface area contributed by atoms with E-state index in [0.29, 0.717) is 11.3 Å². The molecular weight excluding hydrogens is 312 g/mol. The molecule has 0 fully saturated rings. The van der Waals surface area contributed by atoms with Crippen LogP contribution in [0.2, 0.25) is 0 Å². The van der Waals surface area contributed by atoms with Crippen LogP contribution in [0.25, 0.3) is 11.1 Å². The van der Waals surface area contributed by atoms with Crippen LogP contribution in [0.4, 0.5) is 5.82 Å². The van der Waals surface area contributed by atoms with Gasteiger partial charge in [-0.15, -0.1) is 0 Å². The number of nitrogens with zero attached hydrogens (tertiary/aromatic N) is 1. The van der Waals surface area contributed by atoms with Gasteiger partial charge in [0.15, 0.2) is 0 Å². The van der Waals surface area contributed by atoms with E-state index in [0.717, 1.165) is 10.0 Å². The lowest BCUT2D eigenvalue weighted by Gasteiger charge is -2.10. The summed E-state index contributed by atoms with van der Waals surface area (Å²) in [5.41, 5.74) is 6.86. The largest absolute Gasteiger partial charge is 0.496 e. The Kier molecular flexibility index (Phi) is 3.71. The molecule has 2 aromatic rings. The predicted molar refractivity (Wildman–Crippen MR) is 75.3 cm³/mol. The van der Waals surface area contributed by atoms with Crippen molar-refractivity contribution in [3.05, 3.63) is 40.5 Å². The first-order valence-electron chi connectivity index (χ1n) is 5.36. The van der Waals surface area contributed by atoms with Crippen molar-refractivity contribution in [2.24, 2.45) is 0 Å². The van der Waals surface area contributed by atoms with E-state index < -0.39 is 5.97 Å². The highest BCUT2D eigenvalue weighted by Crippen LogP contribution is 2.33. The molecule has 0 radical (unpaired) electrons. The summed E-state index contributed by atoms with van der Waals surface area (Å²) in [6.45, 7) is 0. The molecular formula is C13H11BrN2O3. The Bertz CT molecular complexity index is 644. The molecule has 0 aliphatic rings. The number of halogens is 1. The number of anilines is 1. The van der Waals surface area contributed by atoms with Crippen LogP contribution >= 0.6 is 15.9 Å². The molecule has 6 heteroatoms. The zero-order valence-electron chi connectivity index (χ0n) is 10.1. The number of methoxy groups -OCH3 is 1. The van der Waals surface area contributed by atoms with E-state index in [1.807, 2.05) is 0 Å². The quantitative estimate of drug-likeness (QED) is 0.907. The minimum absolute atomic E-state index is 0.000401. The standard InChI is InChI=1S/C13H11BrN2O3/c1-19-10-3-2-7(6-9(10)14)8-4-5-16-12(15)11(8)13(17)18/h2-6H,1H3,(H2,15,16)(H,17,18). The lowest BCUT2D eigenvalue weighted by atomic mass is 10.0. The molecule has 3 N–H and O–H groups in total. The van der Waals surface area contributed by atoms with E-state index in [9.17, 15) is 9.90 Å². The number of rotatable bonds is 3. The van der Waals surface area contributed by atoms with Gasteiger partial charge in [0.05, 0.1) is 11.6 Å². The second-order valence-electron chi connectivity index (χ2n) is 3.77. The number of hydrogen-bond donors (Lipinski definition) is 2. The van der Waals surface area contributed by atoms with Gasteiger partial charge >= 0.3 is 5.97 Å². The Labute approximate surface area is 118 Å². The number of benzene rings is 1. The highest BCUT2D eigenvalue weighted by Gasteiger charge is 2.16. The fourth-order valence-corrected chi connectivity index (χ4v) is 2.32. The van der Waals surface area contributed by atoms with Crippen LogP contribution in [0.5, 0.6) is 5.75 Å². The van der Waals surface area contributed by atoms with E-state index in [1.165, 1.54) is 6.20 Å². The molecule has 2 rings (SSSR count). The van der Waals surface area contributed by atoms with Gasteiger partial charge in [0.25, 0.3) is 0 Å². The van der Waals surface area contributed by atoms with Crippen LogP contribution in [0.1, 0.15) is 10.4 Å². The van der Waals surface area contributed by atoms with Crippen LogP contribution in [-0.2, 0) is 0 Å². The Morgan fingerprint density at radius 2 is 2.16 bits per heavy atom. The van der Waals surface area contributed by atoms with Gasteiger partial charge in [-0.1, -0.05) is 6.07 Å². The maximum Gasteiger partial charge on any atom is 0.340 e. The molecule has 0 amide bonds. The number of aromatic carboxylic acids is 1. The lowest BCUT2D eigenvalue weighted by molar-refractivity contribution is 0.0698. The summed E-state index contributed by atoms with van der Waals surface area (Å²) in [7, 11) is 1.56. The molecule has 0 atom stereocenters. The summed E-state index contributed by atoms with van der Waals surface area (Å²) in [4.78, 5) is 15.1. The van der Waals surface area contributed by atoms with Gasteiger partial charge in [-0.05, 0) is 39.7 Å². The smallest absolute Gasteiger partial charge is 0.340 e. The Morgan fingerprint density at radius 1 is 1.42 bits per heavy atom. The molecule has 1 heterocycles. The minimum atomic E-state index is -1.10. The molecule has 0 saturated heterocycles. The van der Waals surface area contributed by atoms with E-state index in [-0.39, 0.29) is 11.4 Å². The third kappa shape index (κ3) is 2.53. The molecule has 0 aliphatic carbocycles. The van der Waals surface area contributed by atoms with Crippen molar-refractivity contribution in [1.82, 2.24) is 4.98 Å². The Hall–Kier alpha value is -2.08. The fourth-order valence-electron chi connectivity index (χ4n) is 1.78. The number of hydrogen-bond acceptors (Lipinski definition) is 4. The van der Waals surface area contributed by atoms with Gasteiger partial charge in [0, 0.05) is 11.8 Å². The molecule has 0 bridgehead atoms. The maximum atomic E-state index is 11.3. The Balaban J connectivity index is 2.62. The van der Waals surface area contributed by atoms with E-state index in [4.69, 9.17) is 10.5 Å². The normalized spacial score (nSPS) is 10.2. The number of pyridine rings is 1. The average molecular weight is 323 g/mol. The lowest BCUT2D eigenvalue weighted by Crippen LogP contribution is -2.06. The summed E-state index contributed by atoms with van der Waals surface area (Å²) in [5.74, 6) is -0.438. The van der Waals surface area contributed by atoms with Crippen molar-refractivity contribution in [3.8, 4) is 16.9 Å². The monoisotopic (exact) mass is 322 g/mol. The highest BCUT2D eigenvalue weighted by atomic mass is 79.9. The summed E-state index contributed by atoms with van der Waals surface area (Å²) in [6.07, 6.45) is 1.48. The molecule has 1 aromatic carbocycles. The number of carboxylic acids is 1. The zero-order chi connectivity index (χ0) is 14.0. The first-order valence-corrected chi connectivity index (χ1v) is 6.15. The first kappa shape index (κ1) is 13.4. The molecule has 0 aliphatic heterocycles. The van der Waals surface area contributed by atoms with Crippen LogP contribution in [0.15, 0.2) is 34.9 Å². The third-order valence-electron chi connectivity index (χ3n) is 2.66. The molecule has 19 heavy (non-hydrogen) atoms. The molecule has 5 nitrogen and oxygen atoms in total. The fraction of sp³-hybridized carbons (Fsp3) is 0.0769. The van der Waals surface area contributed by atoms with Gasteiger partial charge in [0.1, 0.15) is 17.1 Å². The van der Waals surface area contributed by atoms with Gasteiger partial charge in [0.2, 0.25) is 0 Å². The van der Waals surface area contributed by atoms with Crippen molar-refractivity contribution >= 4 is 27.7 Å². The highest BCUT2D eigenvalue weighted by molar-refractivity contribution is 9.10. The van der Waals surface area contributed by atoms with Crippen molar-refractivity contribution in [2.75, 3.05) is 12.8 Å². The summed E-state index contributed by atoms with van der Waals surface area (Å²) in [6, 6.07) is 6.92. The van der Waals surface area contributed by atoms with Crippen LogP contribution in [-0.4, -0.2) is 23.2 Å². The molecule has 98 valence electrons. The predicted octanol–water partition coefficient (Wildman–Crippen LogP) is 2.80. The average Bonchev–Trinajstić information content (AvgIpc) is 2.37. The molecule has 0 saturated carbocycles. The minimum Gasteiger partial charge on any atom is -0.496 e. The number of carboxylic acid groups (broad SMARTS) is 1. The SMILES string of the molecule is COc1ccc(-c2ccnc(N)c2C(=O)O)cc1Br. The first-order chi connectivity index (χ1) is 9.04. The maximum absolute atomic E-state index is 11.3. The molecule has 0 unspecified atom stereocenters. The van der Waals surface area contributed by atoms with E-state index in [2.05, 4.69) is 20.9 Å². The summed E-state index contributed by atoms with van der Waals surface area (Å²) in [5, 5.41) is 9.22. The number of ether oxygens (including phenoxy) is 1. The van der Waals surface area contributed by atoms with Crippen molar-refractivity contribution < 1.29 is 14.6 Å². The van der Waals surface area contributed by atoms with Gasteiger partial charge < -0.3 is 15.6 Å². The number of carbonyl (C=O) groups is 1. The van der Waals surface area contributed by atoms with Gasteiger partial charge in [-0.3, -0.25) is 0 Å². The molecule has 1 aromatic heterocycles. The van der Waals surface area contributed by atoms with Gasteiger partial charge in [-0.25, -0.2) is 9.78 Å². The van der Waals surface area contributed by atoms with Crippen molar-refractivity contribution in [3.63, 3.8) is 0 Å². The van der Waals surface area contributed by atoms with Crippen LogP contribution in [0.3, 0.4) is 0 Å². The summed E-state index contributed by atoms with van der Waals surface area (Å²) < 4.78 is 5.87. The van der Waals surface area contributed by atoms with E-state index >= 15 is 0 Å².